The van der Waals surface area contributed by atoms with E-state index in [4.69, 9.17) is 10.7 Å². The van der Waals surface area contributed by atoms with Crippen LogP contribution < -0.4 is 0 Å². The number of hydrogen-bond donors (Lipinski definition) is 2. The van der Waals surface area contributed by atoms with Gasteiger partial charge in [-0.1, -0.05) is 0 Å². The summed E-state index contributed by atoms with van der Waals surface area (Å²) in [6, 6.07) is 0. The monoisotopic (exact) mass is 127 g/mol. The summed E-state index contributed by atoms with van der Waals surface area (Å²) in [5.41, 5.74) is 5.94. The number of nitrogens with one attached hydrogen (secondary N) is 1. The zero-order valence-electron chi connectivity index (χ0n) is 1.84. The first kappa shape index (κ1) is 3.92. The Labute approximate surface area is 31.7 Å². The molecule has 4 heteroatoms. The molecule has 4 heavy (non-hydrogen) atoms. The van der Waals surface area contributed by atoms with E-state index < -0.39 is 0 Å². The van der Waals surface area contributed by atoms with Crippen molar-refractivity contribution < 1.29 is 9.08 Å². The van der Waals surface area contributed by atoms with Crippen LogP contribution in [0.2, 0.25) is 0 Å². The predicted molar refractivity (Wildman–Crippen MR) is 11.9 cm³/mol. The summed E-state index contributed by atoms with van der Waals surface area (Å²) in [5.74, 6) is 0. The SMILES string of the molecule is N=[N+](O)[SeH]. The van der Waals surface area contributed by atoms with Crippen molar-refractivity contribution in [1.82, 2.24) is 0 Å². The minimum absolute atomic E-state index is 0.188. The van der Waals surface area contributed by atoms with Crippen molar-refractivity contribution in [2.75, 3.05) is 0 Å². The first-order chi connectivity index (χ1) is 1.73. The normalized spacial score (nSPS) is 6.25. The van der Waals surface area contributed by atoms with Crippen LogP contribution in [0.15, 0.2) is 0 Å². The van der Waals surface area contributed by atoms with E-state index >= 15 is 0 Å². The molecule has 0 spiro atoms. The van der Waals surface area contributed by atoms with Crippen molar-refractivity contribution in [3.8, 4) is 0 Å². The molecule has 0 unspecified atom stereocenters. The fraction of sp³-hybridized carbons (Fsp3) is 0. The van der Waals surface area contributed by atoms with E-state index in [0.29, 0.717) is 0 Å². The Bertz CT molecular complexity index is 29.0. The third-order valence-electron chi connectivity index (χ3n) is 0. The summed E-state index contributed by atoms with van der Waals surface area (Å²) < 4.78 is 0.188. The molecule has 0 aromatic carbocycles. The van der Waals surface area contributed by atoms with Crippen LogP contribution in [0.4, 0.5) is 0 Å². The van der Waals surface area contributed by atoms with Crippen LogP contribution in [-0.4, -0.2) is 25.3 Å². The molecule has 2 N–H and O–H groups in total. The van der Waals surface area contributed by atoms with Crippen molar-refractivity contribution in [1.29, 1.82) is 5.53 Å². The molecular formula is H3N2OSe+. The van der Waals surface area contributed by atoms with Gasteiger partial charge in [-0.3, -0.25) is 0 Å². The molecule has 0 aliphatic carbocycles. The van der Waals surface area contributed by atoms with Gasteiger partial charge in [-0.25, -0.2) is 0 Å². The standard InChI is InChI=1S/H3N2OSe/c1-2(3)4/h(H3,1,3,4)/q+1. The van der Waals surface area contributed by atoms with Crippen molar-refractivity contribution in [2.24, 2.45) is 0 Å². The van der Waals surface area contributed by atoms with Gasteiger partial charge >= 0.3 is 30.8 Å². The molecule has 0 bridgehead atoms. The molecule has 0 aromatic heterocycles. The Morgan fingerprint density at radius 2 is 2.00 bits per heavy atom. The van der Waals surface area contributed by atoms with Crippen LogP contribution in [0, 0.1) is 5.53 Å². The van der Waals surface area contributed by atoms with E-state index in [2.05, 4.69) is 0 Å². The van der Waals surface area contributed by atoms with E-state index in [-0.39, 0.29) is 3.88 Å². The van der Waals surface area contributed by atoms with Crippen LogP contribution in [0.5, 0.6) is 0 Å². The van der Waals surface area contributed by atoms with Crippen molar-refractivity contribution in [2.45, 2.75) is 0 Å². The Balaban J connectivity index is 2.80. The third kappa shape index (κ3) is 250. The van der Waals surface area contributed by atoms with Crippen LogP contribution in [0.25, 0.3) is 0 Å². The fourth-order valence-corrected chi connectivity index (χ4v) is 0. The van der Waals surface area contributed by atoms with Gasteiger partial charge in [0.1, 0.15) is 0 Å². The molecule has 0 radical (unpaired) electrons. The van der Waals surface area contributed by atoms with Crippen molar-refractivity contribution in [3.63, 3.8) is 0 Å². The summed E-state index contributed by atoms with van der Waals surface area (Å²) >= 11 is 1.59. The number of hydrogen-bond acceptors (Lipinski definition) is 1. The second-order valence-electron chi connectivity index (χ2n) is 0.289. The van der Waals surface area contributed by atoms with E-state index in [0.717, 1.165) is 0 Å². The molecule has 0 fully saturated rings. The zero-order valence-corrected chi connectivity index (χ0v) is 3.72. The van der Waals surface area contributed by atoms with Gasteiger partial charge in [-0.05, 0) is 0 Å². The van der Waals surface area contributed by atoms with Gasteiger partial charge in [0, 0.05) is 0 Å². The molecule has 0 rings (SSSR count). The van der Waals surface area contributed by atoms with Crippen LogP contribution >= 0.6 is 0 Å². The summed E-state index contributed by atoms with van der Waals surface area (Å²) in [6.45, 7) is 0. The van der Waals surface area contributed by atoms with Gasteiger partial charge in [0.25, 0.3) is 0 Å². The van der Waals surface area contributed by atoms with Gasteiger partial charge < -0.3 is 0 Å². The van der Waals surface area contributed by atoms with E-state index in [1.807, 2.05) is 0 Å². The second-order valence-corrected chi connectivity index (χ2v) is 1.08. The summed E-state index contributed by atoms with van der Waals surface area (Å²) in [7, 11) is 0. The molecule has 0 saturated carbocycles. The van der Waals surface area contributed by atoms with E-state index in [9.17, 15) is 0 Å². The van der Waals surface area contributed by atoms with Crippen LogP contribution in [-0.2, 0) is 0 Å². The average molecular weight is 126 g/mol. The van der Waals surface area contributed by atoms with Crippen LogP contribution in [0.3, 0.4) is 0 Å². The topological polar surface area (TPSA) is 47.1 Å². The van der Waals surface area contributed by atoms with Crippen molar-refractivity contribution in [3.05, 3.63) is 0 Å². The fourth-order valence-electron chi connectivity index (χ4n) is 0. The molecule has 0 heterocycles. The second kappa shape index (κ2) is 1.26. The van der Waals surface area contributed by atoms with Gasteiger partial charge in [-0.2, -0.15) is 0 Å². The molecule has 0 atom stereocenters. The Morgan fingerprint density at radius 1 is 2.00 bits per heavy atom. The molecule has 0 aromatic rings. The Morgan fingerprint density at radius 3 is 2.00 bits per heavy atom. The summed E-state index contributed by atoms with van der Waals surface area (Å²) in [5, 5.41) is 7.53. The molecule has 24 valence electrons. The zero-order chi connectivity index (χ0) is 3.58. The van der Waals surface area contributed by atoms with Gasteiger partial charge in [-0.15, -0.1) is 0 Å². The molecular weight excluding hydrogens is 123 g/mol. The van der Waals surface area contributed by atoms with Gasteiger partial charge in [0.15, 0.2) is 0 Å². The minimum atomic E-state index is 0.188. The Hall–Kier alpha value is -0.0805. The first-order valence-electron chi connectivity index (χ1n) is 0.624. The first-order valence-corrected chi connectivity index (χ1v) is 1.46. The van der Waals surface area contributed by atoms with Gasteiger partial charge in [0.2, 0.25) is 0 Å². The molecule has 0 saturated heterocycles. The van der Waals surface area contributed by atoms with Crippen LogP contribution in [0.1, 0.15) is 0 Å². The molecule has 3 nitrogen and oxygen atoms in total. The van der Waals surface area contributed by atoms with Crippen molar-refractivity contribution >= 4 is 16.2 Å². The quantitative estimate of drug-likeness (QED) is 0.250. The molecule has 0 amide bonds. The summed E-state index contributed by atoms with van der Waals surface area (Å²) in [6.07, 6.45) is 0. The number of rotatable bonds is 0. The van der Waals surface area contributed by atoms with E-state index in [1.54, 1.807) is 16.2 Å². The number of nitrogens with zero attached hydrogens (tertiary/aromatic N) is 1. The maximum absolute atomic E-state index is 7.53. The molecule has 0 aliphatic rings. The predicted octanol–water partition coefficient (Wildman–Crippen LogP) is -0.765. The average Bonchev–Trinajstić information content (AvgIpc) is 0.811. The summed E-state index contributed by atoms with van der Waals surface area (Å²) in [4.78, 5) is 0. The van der Waals surface area contributed by atoms with Gasteiger partial charge in [0.05, 0.1) is 0 Å². The third-order valence-corrected chi connectivity index (χ3v) is 0. The Kier molecular flexibility index (Phi) is 1.24. The maximum atomic E-state index is 7.53. The molecule has 0 aliphatic heterocycles. The van der Waals surface area contributed by atoms with E-state index in [1.165, 1.54) is 0 Å².